The molecule has 0 spiro atoms. The highest BCUT2D eigenvalue weighted by Gasteiger charge is 2.28. The third-order valence-electron chi connectivity index (χ3n) is 3.48. The zero-order valence-corrected chi connectivity index (χ0v) is 11.7. The molecule has 0 saturated carbocycles. The number of piperidine rings is 1. The van der Waals surface area contributed by atoms with E-state index in [2.05, 4.69) is 18.7 Å². The van der Waals surface area contributed by atoms with Crippen molar-refractivity contribution < 1.29 is 4.39 Å². The Hall–Kier alpha value is -1.16. The van der Waals surface area contributed by atoms with E-state index in [0.717, 1.165) is 25.2 Å². The first-order chi connectivity index (χ1) is 8.41. The molecule has 1 heterocycles. The molecule has 1 aliphatic heterocycles. The Labute approximate surface area is 113 Å². The van der Waals surface area contributed by atoms with E-state index in [4.69, 9.17) is 18.0 Å². The molecule has 1 saturated heterocycles. The Bertz CT molecular complexity index is 471. The number of hydrogen-bond acceptors (Lipinski definition) is 2. The fourth-order valence-electron chi connectivity index (χ4n) is 2.65. The molecule has 1 aromatic carbocycles. The van der Waals surface area contributed by atoms with Crippen molar-refractivity contribution in [2.24, 2.45) is 11.1 Å². The number of benzene rings is 1. The fraction of sp³-hybridized carbons (Fsp3) is 0.500. The van der Waals surface area contributed by atoms with Crippen LogP contribution in [-0.2, 0) is 0 Å². The van der Waals surface area contributed by atoms with E-state index < -0.39 is 0 Å². The summed E-state index contributed by atoms with van der Waals surface area (Å²) in [5.74, 6) is -0.330. The Kier molecular flexibility index (Phi) is 3.57. The molecular weight excluding hydrogens is 247 g/mol. The van der Waals surface area contributed by atoms with E-state index in [1.807, 2.05) is 6.07 Å². The molecule has 2 rings (SSSR count). The molecule has 18 heavy (non-hydrogen) atoms. The second-order valence-corrected chi connectivity index (χ2v) is 6.13. The standard InChI is InChI=1S/C14H19FN2S/c1-14(2)7-4-8-17(9-14)11-6-3-5-10(15)12(11)13(16)18/h3,5-6H,4,7-9H2,1-2H3,(H2,16,18). The molecule has 2 N–H and O–H groups in total. The molecular formula is C14H19FN2S. The number of halogens is 1. The van der Waals surface area contributed by atoms with Crippen molar-refractivity contribution in [2.45, 2.75) is 26.7 Å². The van der Waals surface area contributed by atoms with Crippen LogP contribution in [0.2, 0.25) is 0 Å². The quantitative estimate of drug-likeness (QED) is 0.834. The second-order valence-electron chi connectivity index (χ2n) is 5.69. The van der Waals surface area contributed by atoms with Gasteiger partial charge in [0.15, 0.2) is 0 Å². The van der Waals surface area contributed by atoms with E-state index in [-0.39, 0.29) is 16.2 Å². The van der Waals surface area contributed by atoms with Gasteiger partial charge in [0.1, 0.15) is 10.8 Å². The van der Waals surface area contributed by atoms with Crippen LogP contribution in [0, 0.1) is 11.2 Å². The lowest BCUT2D eigenvalue weighted by atomic mass is 9.84. The normalized spacial score (nSPS) is 18.7. The molecule has 0 bridgehead atoms. The third kappa shape index (κ3) is 2.64. The van der Waals surface area contributed by atoms with Gasteiger partial charge in [-0.2, -0.15) is 0 Å². The maximum absolute atomic E-state index is 13.9. The van der Waals surface area contributed by atoms with Gasteiger partial charge < -0.3 is 10.6 Å². The molecule has 0 amide bonds. The molecule has 0 aliphatic carbocycles. The summed E-state index contributed by atoms with van der Waals surface area (Å²) in [7, 11) is 0. The summed E-state index contributed by atoms with van der Waals surface area (Å²) in [4.78, 5) is 2.33. The molecule has 1 aromatic rings. The first kappa shape index (κ1) is 13.3. The number of thiocarbonyl (C=S) groups is 1. The van der Waals surface area contributed by atoms with Crippen molar-refractivity contribution in [2.75, 3.05) is 18.0 Å². The van der Waals surface area contributed by atoms with Crippen LogP contribution < -0.4 is 10.6 Å². The number of nitrogens with zero attached hydrogens (tertiary/aromatic N) is 1. The Morgan fingerprint density at radius 2 is 2.17 bits per heavy atom. The first-order valence-corrected chi connectivity index (χ1v) is 6.65. The summed E-state index contributed by atoms with van der Waals surface area (Å²) < 4.78 is 13.9. The predicted molar refractivity (Wildman–Crippen MR) is 77.5 cm³/mol. The average molecular weight is 266 g/mol. The Balaban J connectivity index is 2.39. The molecule has 0 atom stereocenters. The summed E-state index contributed by atoms with van der Waals surface area (Å²) in [5.41, 5.74) is 7.11. The van der Waals surface area contributed by atoms with Crippen molar-refractivity contribution in [1.29, 1.82) is 0 Å². The second kappa shape index (κ2) is 4.84. The summed E-state index contributed by atoms with van der Waals surface area (Å²) in [6, 6.07) is 5.03. The topological polar surface area (TPSA) is 29.3 Å². The lowest BCUT2D eigenvalue weighted by Gasteiger charge is -2.40. The number of rotatable bonds is 2. The van der Waals surface area contributed by atoms with Gasteiger partial charge >= 0.3 is 0 Å². The minimum absolute atomic E-state index is 0.131. The van der Waals surface area contributed by atoms with Crippen molar-refractivity contribution in [1.82, 2.24) is 0 Å². The zero-order valence-electron chi connectivity index (χ0n) is 10.9. The highest BCUT2D eigenvalue weighted by atomic mass is 32.1. The van der Waals surface area contributed by atoms with Crippen LogP contribution in [0.25, 0.3) is 0 Å². The van der Waals surface area contributed by atoms with Gasteiger partial charge in [-0.25, -0.2) is 4.39 Å². The maximum Gasteiger partial charge on any atom is 0.135 e. The molecule has 0 unspecified atom stereocenters. The Morgan fingerprint density at radius 1 is 1.44 bits per heavy atom. The van der Waals surface area contributed by atoms with Gasteiger partial charge in [0.05, 0.1) is 5.56 Å². The Morgan fingerprint density at radius 3 is 2.78 bits per heavy atom. The minimum atomic E-state index is -0.330. The summed E-state index contributed by atoms with van der Waals surface area (Å²) in [6.45, 7) is 6.31. The van der Waals surface area contributed by atoms with Gasteiger partial charge in [0.25, 0.3) is 0 Å². The number of hydrogen-bond donors (Lipinski definition) is 1. The molecule has 1 aliphatic rings. The van der Waals surface area contributed by atoms with E-state index in [9.17, 15) is 4.39 Å². The predicted octanol–water partition coefficient (Wildman–Crippen LogP) is 3.09. The average Bonchev–Trinajstić information content (AvgIpc) is 2.26. The van der Waals surface area contributed by atoms with Crippen LogP contribution in [0.4, 0.5) is 10.1 Å². The molecule has 98 valence electrons. The molecule has 0 radical (unpaired) electrons. The van der Waals surface area contributed by atoms with Crippen LogP contribution >= 0.6 is 12.2 Å². The SMILES string of the molecule is CC1(C)CCCN(c2cccc(F)c2C(N)=S)C1. The molecule has 0 aromatic heterocycles. The molecule has 4 heteroatoms. The van der Waals surface area contributed by atoms with E-state index >= 15 is 0 Å². The van der Waals surface area contributed by atoms with Crippen LogP contribution in [0.15, 0.2) is 18.2 Å². The number of nitrogens with two attached hydrogens (primary N) is 1. The van der Waals surface area contributed by atoms with E-state index in [0.29, 0.717) is 5.56 Å². The van der Waals surface area contributed by atoms with Crippen LogP contribution in [0.3, 0.4) is 0 Å². The lowest BCUT2D eigenvalue weighted by molar-refractivity contribution is 0.293. The van der Waals surface area contributed by atoms with Gasteiger partial charge in [0, 0.05) is 18.8 Å². The monoisotopic (exact) mass is 266 g/mol. The minimum Gasteiger partial charge on any atom is -0.389 e. The van der Waals surface area contributed by atoms with Crippen molar-refractivity contribution >= 4 is 22.9 Å². The summed E-state index contributed by atoms with van der Waals surface area (Å²) in [6.07, 6.45) is 2.31. The van der Waals surface area contributed by atoms with Crippen LogP contribution in [-0.4, -0.2) is 18.1 Å². The smallest absolute Gasteiger partial charge is 0.135 e. The molecule has 1 fully saturated rings. The van der Waals surface area contributed by atoms with Crippen molar-refractivity contribution in [3.8, 4) is 0 Å². The van der Waals surface area contributed by atoms with Gasteiger partial charge in [-0.15, -0.1) is 0 Å². The van der Waals surface area contributed by atoms with Gasteiger partial charge in [-0.1, -0.05) is 32.1 Å². The van der Waals surface area contributed by atoms with Crippen LogP contribution in [0.5, 0.6) is 0 Å². The van der Waals surface area contributed by atoms with Gasteiger partial charge in [-0.3, -0.25) is 0 Å². The maximum atomic E-state index is 13.9. The summed E-state index contributed by atoms with van der Waals surface area (Å²) >= 11 is 4.97. The van der Waals surface area contributed by atoms with Gasteiger partial charge in [-0.05, 0) is 30.4 Å². The van der Waals surface area contributed by atoms with Crippen molar-refractivity contribution in [3.05, 3.63) is 29.6 Å². The largest absolute Gasteiger partial charge is 0.389 e. The lowest BCUT2D eigenvalue weighted by Crippen LogP contribution is -2.41. The fourth-order valence-corrected chi connectivity index (χ4v) is 2.85. The van der Waals surface area contributed by atoms with Crippen LogP contribution in [0.1, 0.15) is 32.3 Å². The highest BCUT2D eigenvalue weighted by molar-refractivity contribution is 7.80. The van der Waals surface area contributed by atoms with Crippen molar-refractivity contribution in [3.63, 3.8) is 0 Å². The van der Waals surface area contributed by atoms with E-state index in [1.165, 1.54) is 12.5 Å². The zero-order chi connectivity index (χ0) is 13.3. The highest BCUT2D eigenvalue weighted by Crippen LogP contribution is 2.33. The van der Waals surface area contributed by atoms with Gasteiger partial charge in [0.2, 0.25) is 0 Å². The van der Waals surface area contributed by atoms with E-state index in [1.54, 1.807) is 6.07 Å². The summed E-state index contributed by atoms with van der Waals surface area (Å²) in [5, 5.41) is 0. The first-order valence-electron chi connectivity index (χ1n) is 6.24. The number of anilines is 1. The molecule has 2 nitrogen and oxygen atoms in total. The third-order valence-corrected chi connectivity index (χ3v) is 3.68.